The van der Waals surface area contributed by atoms with Crippen LogP contribution < -0.4 is 0 Å². The Morgan fingerprint density at radius 1 is 0.614 bits per heavy atom. The first-order valence-corrected chi connectivity index (χ1v) is 17.9. The highest BCUT2D eigenvalue weighted by Crippen LogP contribution is 2.54. The first-order valence-electron chi connectivity index (χ1n) is 15.0. The Bertz CT molecular complexity index is 1800. The highest BCUT2D eigenvalue weighted by molar-refractivity contribution is 7.67. The summed E-state index contributed by atoms with van der Waals surface area (Å²) in [6.07, 6.45) is 0.0531. The zero-order valence-electron chi connectivity index (χ0n) is 25.6. The van der Waals surface area contributed by atoms with Gasteiger partial charge in [-0.2, -0.15) is 0 Å². The van der Waals surface area contributed by atoms with Crippen LogP contribution in [0.4, 0.5) is 0 Å². The van der Waals surface area contributed by atoms with Gasteiger partial charge in [0.15, 0.2) is 0 Å². The molecule has 0 atom stereocenters. The fraction of sp³-hybridized carbons (Fsp3) is 0.250. The van der Waals surface area contributed by atoms with Crippen LogP contribution in [0.15, 0.2) is 97.1 Å². The van der Waals surface area contributed by atoms with Crippen molar-refractivity contribution in [2.24, 2.45) is 0 Å². The standard InChI is InChI=1S/C36H38O6P2/c1-5-39-43(40-6-2)36(37)35-24-33(30-19-17-26-13-9-11-15-28(26)21-30)32(25-44(38,41-7-3)42-8-4)23-34(35)31-20-18-27-14-10-12-16-29(27)22-31/h9-24H,5-8,25H2,1-4H3. The molecule has 5 aromatic rings. The molecule has 0 fully saturated rings. The lowest BCUT2D eigenvalue weighted by Gasteiger charge is -2.22. The lowest BCUT2D eigenvalue weighted by atomic mass is 9.90. The number of hydrogen-bond acceptors (Lipinski definition) is 6. The van der Waals surface area contributed by atoms with Gasteiger partial charge in [-0.25, -0.2) is 0 Å². The van der Waals surface area contributed by atoms with Crippen LogP contribution in [0.1, 0.15) is 43.6 Å². The summed E-state index contributed by atoms with van der Waals surface area (Å²) in [5, 5.41) is 4.31. The fourth-order valence-electron chi connectivity index (χ4n) is 5.39. The SMILES string of the molecule is CCOP(OCC)C(=O)c1cc(-c2ccc3ccccc3c2)c(CP(=O)(OCC)OCC)cc1-c1ccc2ccccc2c1. The van der Waals surface area contributed by atoms with E-state index in [0.29, 0.717) is 24.3 Å². The van der Waals surface area contributed by atoms with Crippen LogP contribution in [-0.2, 0) is 28.8 Å². The van der Waals surface area contributed by atoms with Gasteiger partial charge in [0.2, 0.25) is 13.9 Å². The normalized spacial score (nSPS) is 11.9. The Morgan fingerprint density at radius 3 is 1.61 bits per heavy atom. The summed E-state index contributed by atoms with van der Waals surface area (Å²) < 4.78 is 37.1. The molecule has 0 amide bonds. The molecular formula is C36H38O6P2. The number of carbonyl (C=O) groups excluding carboxylic acids is 1. The molecule has 44 heavy (non-hydrogen) atoms. The third-order valence-electron chi connectivity index (χ3n) is 7.27. The molecule has 8 heteroatoms. The van der Waals surface area contributed by atoms with Gasteiger partial charge in [0.25, 0.3) is 0 Å². The van der Waals surface area contributed by atoms with E-state index in [-0.39, 0.29) is 24.9 Å². The minimum absolute atomic E-state index is 0.0531. The van der Waals surface area contributed by atoms with E-state index in [2.05, 4.69) is 48.5 Å². The zero-order chi connectivity index (χ0) is 31.1. The van der Waals surface area contributed by atoms with Crippen molar-refractivity contribution >= 4 is 43.0 Å². The Hall–Kier alpha value is -3.21. The Kier molecular flexibility index (Phi) is 10.8. The summed E-state index contributed by atoms with van der Waals surface area (Å²) in [5.41, 5.74) is 4.31. The van der Waals surface area contributed by atoms with Crippen molar-refractivity contribution in [3.8, 4) is 22.3 Å². The molecule has 0 radical (unpaired) electrons. The molecular weight excluding hydrogens is 590 g/mol. The maximum atomic E-state index is 14.3. The van der Waals surface area contributed by atoms with Gasteiger partial charge < -0.3 is 18.1 Å². The van der Waals surface area contributed by atoms with E-state index in [1.54, 1.807) is 0 Å². The van der Waals surface area contributed by atoms with E-state index < -0.39 is 16.0 Å². The van der Waals surface area contributed by atoms with Crippen molar-refractivity contribution in [3.05, 3.63) is 108 Å². The van der Waals surface area contributed by atoms with Gasteiger partial charge >= 0.3 is 7.60 Å². The molecule has 0 N–H and O–H groups in total. The van der Waals surface area contributed by atoms with Crippen LogP contribution in [0.2, 0.25) is 0 Å². The minimum atomic E-state index is -3.50. The molecule has 0 heterocycles. The molecule has 0 bridgehead atoms. The number of fused-ring (bicyclic) bond motifs is 2. The Labute approximate surface area is 260 Å². The lowest BCUT2D eigenvalue weighted by molar-refractivity contribution is 0.104. The third kappa shape index (κ3) is 7.19. The van der Waals surface area contributed by atoms with E-state index >= 15 is 0 Å². The van der Waals surface area contributed by atoms with Gasteiger partial charge in [0, 0.05) is 5.56 Å². The number of carbonyl (C=O) groups is 1. The Balaban J connectivity index is 1.79. The maximum Gasteiger partial charge on any atom is 0.335 e. The second-order valence-corrected chi connectivity index (χ2v) is 13.7. The fourth-order valence-corrected chi connectivity index (χ4v) is 8.27. The molecule has 0 saturated carbocycles. The molecule has 6 nitrogen and oxygen atoms in total. The number of hydrogen-bond donors (Lipinski definition) is 0. The first kappa shape index (κ1) is 32.2. The van der Waals surface area contributed by atoms with E-state index in [4.69, 9.17) is 18.1 Å². The average Bonchev–Trinajstić information content (AvgIpc) is 3.04. The van der Waals surface area contributed by atoms with Gasteiger partial charge in [-0.3, -0.25) is 9.36 Å². The minimum Gasteiger partial charge on any atom is -0.329 e. The molecule has 5 aromatic carbocycles. The topological polar surface area (TPSA) is 71.1 Å². The summed E-state index contributed by atoms with van der Waals surface area (Å²) in [4.78, 5) is 14.3. The van der Waals surface area contributed by atoms with Crippen LogP contribution >= 0.6 is 16.0 Å². The predicted molar refractivity (Wildman–Crippen MR) is 181 cm³/mol. The molecule has 0 aliphatic heterocycles. The summed E-state index contributed by atoms with van der Waals surface area (Å²) in [5.74, 6) is 0. The first-order chi connectivity index (χ1) is 21.4. The van der Waals surface area contributed by atoms with E-state index in [9.17, 15) is 9.36 Å². The third-order valence-corrected chi connectivity index (χ3v) is 10.9. The highest BCUT2D eigenvalue weighted by atomic mass is 31.2. The van der Waals surface area contributed by atoms with Crippen molar-refractivity contribution in [3.63, 3.8) is 0 Å². The summed E-state index contributed by atoms with van der Waals surface area (Å²) in [7, 11) is -5.34. The molecule has 0 aromatic heterocycles. The van der Waals surface area contributed by atoms with Gasteiger partial charge in [-0.1, -0.05) is 72.8 Å². The summed E-state index contributed by atoms with van der Waals surface area (Å²) in [6, 6.07) is 32.4. The molecule has 228 valence electrons. The van der Waals surface area contributed by atoms with Gasteiger partial charge in [-0.15, -0.1) is 0 Å². The number of rotatable bonds is 14. The van der Waals surface area contributed by atoms with Gasteiger partial charge in [0.1, 0.15) is 0 Å². The average molecular weight is 629 g/mol. The quantitative estimate of drug-likeness (QED) is 0.114. The number of benzene rings is 5. The predicted octanol–water partition coefficient (Wildman–Crippen LogP) is 10.6. The monoisotopic (exact) mass is 628 g/mol. The smallest absolute Gasteiger partial charge is 0.329 e. The molecule has 0 unspecified atom stereocenters. The van der Waals surface area contributed by atoms with Crippen molar-refractivity contribution in [1.82, 2.24) is 0 Å². The zero-order valence-corrected chi connectivity index (χ0v) is 27.4. The van der Waals surface area contributed by atoms with Crippen LogP contribution in [-0.4, -0.2) is 32.0 Å². The second kappa shape index (κ2) is 14.7. The maximum absolute atomic E-state index is 14.3. The van der Waals surface area contributed by atoms with E-state index in [0.717, 1.165) is 43.8 Å². The Morgan fingerprint density at radius 2 is 1.11 bits per heavy atom. The summed E-state index contributed by atoms with van der Waals surface area (Å²) >= 11 is 0. The molecule has 0 aliphatic carbocycles. The van der Waals surface area contributed by atoms with Crippen molar-refractivity contribution in [2.45, 2.75) is 33.9 Å². The largest absolute Gasteiger partial charge is 0.335 e. The second-order valence-electron chi connectivity index (χ2n) is 10.2. The molecule has 0 aliphatic rings. The lowest BCUT2D eigenvalue weighted by Crippen LogP contribution is -2.08. The molecule has 5 rings (SSSR count). The van der Waals surface area contributed by atoms with E-state index in [1.807, 2.05) is 76.2 Å². The molecule has 0 spiro atoms. The van der Waals surface area contributed by atoms with Gasteiger partial charge in [-0.05, 0) is 101 Å². The van der Waals surface area contributed by atoms with Crippen LogP contribution in [0.5, 0.6) is 0 Å². The van der Waals surface area contributed by atoms with E-state index in [1.165, 1.54) is 0 Å². The van der Waals surface area contributed by atoms with Crippen LogP contribution in [0.3, 0.4) is 0 Å². The van der Waals surface area contributed by atoms with Crippen LogP contribution in [0, 0.1) is 0 Å². The van der Waals surface area contributed by atoms with Crippen molar-refractivity contribution in [2.75, 3.05) is 26.4 Å². The summed E-state index contributed by atoms with van der Waals surface area (Å²) in [6.45, 7) is 8.54. The van der Waals surface area contributed by atoms with Gasteiger partial charge in [0.05, 0.1) is 32.6 Å². The van der Waals surface area contributed by atoms with Crippen molar-refractivity contribution < 1.29 is 27.5 Å². The van der Waals surface area contributed by atoms with Crippen molar-refractivity contribution in [1.29, 1.82) is 0 Å². The highest BCUT2D eigenvalue weighted by Gasteiger charge is 2.30. The van der Waals surface area contributed by atoms with Crippen LogP contribution in [0.25, 0.3) is 43.8 Å². The molecule has 0 saturated heterocycles.